The van der Waals surface area contributed by atoms with Gasteiger partial charge < -0.3 is 5.11 Å². The third kappa shape index (κ3) is 3.21. The summed E-state index contributed by atoms with van der Waals surface area (Å²) in [6, 6.07) is 10.2. The average Bonchev–Trinajstić information content (AvgIpc) is 3.33. The Morgan fingerprint density at radius 2 is 1.80 bits per heavy atom. The molecule has 1 aromatic heterocycles. The molecule has 0 spiro atoms. The highest BCUT2D eigenvalue weighted by molar-refractivity contribution is 7.10. The molecule has 0 aliphatic carbocycles. The number of rotatable bonds is 3. The Hall–Kier alpha value is -3.32. The van der Waals surface area contributed by atoms with Crippen molar-refractivity contribution in [2.75, 3.05) is 4.90 Å². The second-order valence-corrected chi connectivity index (χ2v) is 8.06. The molecule has 0 bridgehead atoms. The minimum Gasteiger partial charge on any atom is -0.507 e. The topological polar surface area (TPSA) is 57.6 Å². The predicted molar refractivity (Wildman–Crippen MR) is 111 cm³/mol. The highest BCUT2D eigenvalue weighted by atomic mass is 32.1. The van der Waals surface area contributed by atoms with Crippen molar-refractivity contribution < 1.29 is 23.5 Å². The Bertz CT molecular complexity index is 1200. The van der Waals surface area contributed by atoms with E-state index in [1.54, 1.807) is 35.7 Å². The number of thiophene rings is 1. The van der Waals surface area contributed by atoms with Crippen LogP contribution in [0, 0.1) is 25.5 Å². The van der Waals surface area contributed by atoms with Crippen LogP contribution in [0.15, 0.2) is 59.5 Å². The van der Waals surface area contributed by atoms with Crippen molar-refractivity contribution in [2.24, 2.45) is 0 Å². The zero-order chi connectivity index (χ0) is 21.6. The number of hydrogen-bond acceptors (Lipinski definition) is 4. The van der Waals surface area contributed by atoms with Crippen LogP contribution in [-0.2, 0) is 9.59 Å². The van der Waals surface area contributed by atoms with Crippen LogP contribution in [0.4, 0.5) is 14.5 Å². The van der Waals surface area contributed by atoms with Gasteiger partial charge in [-0.05, 0) is 54.6 Å². The Morgan fingerprint density at radius 3 is 2.47 bits per heavy atom. The molecular weight excluding hydrogens is 408 g/mol. The molecule has 1 aliphatic rings. The summed E-state index contributed by atoms with van der Waals surface area (Å²) >= 11 is 1.25. The molecule has 0 radical (unpaired) electrons. The monoisotopic (exact) mass is 425 g/mol. The van der Waals surface area contributed by atoms with Gasteiger partial charge in [0.25, 0.3) is 11.7 Å². The van der Waals surface area contributed by atoms with E-state index in [4.69, 9.17) is 0 Å². The molecule has 2 aromatic carbocycles. The van der Waals surface area contributed by atoms with E-state index in [1.165, 1.54) is 11.3 Å². The van der Waals surface area contributed by atoms with Gasteiger partial charge in [0.1, 0.15) is 23.4 Å². The van der Waals surface area contributed by atoms with Crippen molar-refractivity contribution in [1.82, 2.24) is 0 Å². The highest BCUT2D eigenvalue weighted by Gasteiger charge is 2.48. The van der Waals surface area contributed by atoms with E-state index in [0.29, 0.717) is 10.4 Å². The molecule has 3 aromatic rings. The Kier molecular flexibility index (Phi) is 4.99. The molecule has 4 nitrogen and oxygen atoms in total. The summed E-state index contributed by atoms with van der Waals surface area (Å²) in [6.45, 7) is 3.78. The zero-order valence-corrected chi connectivity index (χ0v) is 17.0. The lowest BCUT2D eigenvalue weighted by Gasteiger charge is -2.24. The number of amides is 1. The zero-order valence-electron chi connectivity index (χ0n) is 16.1. The molecular formula is C23H17F2NO3S. The number of hydrogen-bond donors (Lipinski definition) is 1. The fraction of sp³-hybridized carbons (Fsp3) is 0.130. The summed E-state index contributed by atoms with van der Waals surface area (Å²) in [4.78, 5) is 27.3. The van der Waals surface area contributed by atoms with Gasteiger partial charge in [-0.2, -0.15) is 0 Å². The predicted octanol–water partition coefficient (Wildman–Crippen LogP) is 5.27. The molecule has 30 heavy (non-hydrogen) atoms. The first-order valence-corrected chi connectivity index (χ1v) is 10.0. The fourth-order valence-electron chi connectivity index (χ4n) is 3.51. The third-order valence-corrected chi connectivity index (χ3v) is 6.13. The summed E-state index contributed by atoms with van der Waals surface area (Å²) in [5.41, 5.74) is 1.77. The van der Waals surface area contributed by atoms with Crippen LogP contribution >= 0.6 is 11.3 Å². The SMILES string of the molecule is Cc1ccc(/C(O)=C2/C(=O)C(=O)N(c3cc(F)ccc3F)C2c2cccs2)cc1C. The van der Waals surface area contributed by atoms with Crippen LogP contribution in [0.5, 0.6) is 0 Å². The van der Waals surface area contributed by atoms with E-state index in [1.807, 2.05) is 13.8 Å². The largest absolute Gasteiger partial charge is 0.507 e. The van der Waals surface area contributed by atoms with Crippen LogP contribution in [0.2, 0.25) is 0 Å². The number of halogens is 2. The van der Waals surface area contributed by atoms with Crippen molar-refractivity contribution in [2.45, 2.75) is 19.9 Å². The van der Waals surface area contributed by atoms with Gasteiger partial charge in [0.2, 0.25) is 0 Å². The second-order valence-electron chi connectivity index (χ2n) is 7.08. The van der Waals surface area contributed by atoms with Crippen LogP contribution in [0.25, 0.3) is 5.76 Å². The second kappa shape index (κ2) is 7.50. The van der Waals surface area contributed by atoms with Gasteiger partial charge in [-0.3, -0.25) is 14.5 Å². The standard InChI is InChI=1S/C23H17F2NO3S/c1-12-5-6-14(10-13(12)2)21(27)19-20(18-4-3-9-30-18)26(23(29)22(19)28)17-11-15(24)7-8-16(17)25/h3-11,20,27H,1-2H3/b21-19-. The van der Waals surface area contributed by atoms with Crippen molar-refractivity contribution in [3.8, 4) is 0 Å². The lowest BCUT2D eigenvalue weighted by molar-refractivity contribution is -0.132. The van der Waals surface area contributed by atoms with Crippen LogP contribution in [0.3, 0.4) is 0 Å². The van der Waals surface area contributed by atoms with Crippen LogP contribution < -0.4 is 4.90 Å². The normalized spacial score (nSPS) is 18.3. The van der Waals surface area contributed by atoms with Gasteiger partial charge in [-0.15, -0.1) is 11.3 Å². The number of nitrogens with zero attached hydrogens (tertiary/aromatic N) is 1. The number of carbonyl (C=O) groups is 2. The number of Topliss-reactive ketones (excluding diaryl/α,β-unsaturated/α-hetero) is 1. The molecule has 7 heteroatoms. The van der Waals surface area contributed by atoms with E-state index in [9.17, 15) is 23.5 Å². The summed E-state index contributed by atoms with van der Waals surface area (Å²) < 4.78 is 28.4. The molecule has 2 heterocycles. The molecule has 1 atom stereocenters. The Morgan fingerprint density at radius 1 is 1.03 bits per heavy atom. The van der Waals surface area contributed by atoms with Gasteiger partial charge in [0.05, 0.1) is 11.3 Å². The maximum atomic E-state index is 14.5. The Labute approximate surface area is 175 Å². The highest BCUT2D eigenvalue weighted by Crippen LogP contribution is 2.44. The minimum absolute atomic E-state index is 0.158. The number of ketones is 1. The van der Waals surface area contributed by atoms with E-state index >= 15 is 0 Å². The smallest absolute Gasteiger partial charge is 0.300 e. The average molecular weight is 425 g/mol. The number of aliphatic hydroxyl groups is 1. The maximum Gasteiger partial charge on any atom is 0.300 e. The van der Waals surface area contributed by atoms with Gasteiger partial charge in [-0.25, -0.2) is 8.78 Å². The molecule has 1 amide bonds. The molecule has 1 saturated heterocycles. The number of benzene rings is 2. The van der Waals surface area contributed by atoms with Gasteiger partial charge in [0.15, 0.2) is 0 Å². The van der Waals surface area contributed by atoms with E-state index in [-0.39, 0.29) is 17.0 Å². The lowest BCUT2D eigenvalue weighted by atomic mass is 9.97. The molecule has 4 rings (SSSR count). The Balaban J connectivity index is 1.96. The summed E-state index contributed by atoms with van der Waals surface area (Å²) in [5.74, 6) is -3.91. The van der Waals surface area contributed by atoms with E-state index in [0.717, 1.165) is 34.2 Å². The van der Waals surface area contributed by atoms with Crippen molar-refractivity contribution in [1.29, 1.82) is 0 Å². The van der Waals surface area contributed by atoms with Crippen LogP contribution in [0.1, 0.15) is 27.6 Å². The first kappa shape index (κ1) is 20.0. The third-order valence-electron chi connectivity index (χ3n) is 5.21. The van der Waals surface area contributed by atoms with Gasteiger partial charge in [-0.1, -0.05) is 18.2 Å². The number of anilines is 1. The molecule has 1 aliphatic heterocycles. The quantitative estimate of drug-likeness (QED) is 0.353. The molecule has 152 valence electrons. The maximum absolute atomic E-state index is 14.5. The van der Waals surface area contributed by atoms with Gasteiger partial charge in [0, 0.05) is 16.5 Å². The first-order chi connectivity index (χ1) is 14.3. The fourth-order valence-corrected chi connectivity index (χ4v) is 4.34. The summed E-state index contributed by atoms with van der Waals surface area (Å²) in [7, 11) is 0. The summed E-state index contributed by atoms with van der Waals surface area (Å²) in [6.07, 6.45) is 0. The van der Waals surface area contributed by atoms with Crippen molar-refractivity contribution in [3.63, 3.8) is 0 Å². The minimum atomic E-state index is -1.07. The lowest BCUT2D eigenvalue weighted by Crippen LogP contribution is -2.30. The van der Waals surface area contributed by atoms with E-state index in [2.05, 4.69) is 0 Å². The molecule has 1 fully saturated rings. The van der Waals surface area contributed by atoms with Crippen molar-refractivity contribution >= 4 is 34.5 Å². The molecule has 1 N–H and O–H groups in total. The first-order valence-electron chi connectivity index (χ1n) is 9.16. The number of carbonyl (C=O) groups excluding carboxylic acids is 2. The number of aryl methyl sites for hydroxylation is 2. The number of aliphatic hydroxyl groups excluding tert-OH is 1. The van der Waals surface area contributed by atoms with Gasteiger partial charge >= 0.3 is 0 Å². The van der Waals surface area contributed by atoms with Crippen LogP contribution in [-0.4, -0.2) is 16.8 Å². The summed E-state index contributed by atoms with van der Waals surface area (Å²) in [5, 5.41) is 12.7. The molecule has 0 saturated carbocycles. The van der Waals surface area contributed by atoms with E-state index < -0.39 is 29.4 Å². The van der Waals surface area contributed by atoms with Crippen molar-refractivity contribution in [3.05, 3.63) is 92.7 Å². The molecule has 1 unspecified atom stereocenters.